The Morgan fingerprint density at radius 1 is 1.28 bits per heavy atom. The van der Waals surface area contributed by atoms with Gasteiger partial charge in [0.25, 0.3) is 0 Å². The average molecular weight is 249 g/mol. The third kappa shape index (κ3) is 2.71. The summed E-state index contributed by atoms with van der Waals surface area (Å²) in [5, 5.41) is 23.2. The minimum Gasteiger partial charge on any atom is -0.481 e. The number of aliphatic carboxylic acids is 1. The van der Waals surface area contributed by atoms with Crippen molar-refractivity contribution in [3.63, 3.8) is 0 Å². The number of benzene rings is 1. The minimum absolute atomic E-state index is 0.00255. The number of hydrogen-bond donors (Lipinski definition) is 3. The summed E-state index contributed by atoms with van der Waals surface area (Å²) in [6.45, 7) is 1.67. The van der Waals surface area contributed by atoms with Gasteiger partial charge in [-0.15, -0.1) is 0 Å². The first-order valence-corrected chi connectivity index (χ1v) is 6.33. The van der Waals surface area contributed by atoms with Gasteiger partial charge >= 0.3 is 5.97 Å². The summed E-state index contributed by atoms with van der Waals surface area (Å²) in [7, 11) is 0. The molecule has 0 spiro atoms. The van der Waals surface area contributed by atoms with E-state index in [1.165, 1.54) is 0 Å². The zero-order valence-electron chi connectivity index (χ0n) is 10.3. The Morgan fingerprint density at radius 2 is 1.89 bits per heavy atom. The van der Waals surface area contributed by atoms with Crippen LogP contribution in [0.4, 0.5) is 0 Å². The Kier molecular flexibility index (Phi) is 3.99. The second-order valence-corrected chi connectivity index (χ2v) is 4.89. The summed E-state index contributed by atoms with van der Waals surface area (Å²) in [6, 6.07) is 9.16. The van der Waals surface area contributed by atoms with Crippen LogP contribution in [0.15, 0.2) is 30.3 Å². The molecule has 0 amide bonds. The molecule has 0 bridgehead atoms. The molecule has 1 heterocycles. The number of nitrogens with one attached hydrogen (secondary N) is 1. The molecule has 0 aromatic heterocycles. The lowest BCUT2D eigenvalue weighted by atomic mass is 9.74. The van der Waals surface area contributed by atoms with Crippen LogP contribution >= 0.6 is 0 Å². The van der Waals surface area contributed by atoms with E-state index in [0.29, 0.717) is 5.56 Å². The summed E-state index contributed by atoms with van der Waals surface area (Å²) in [6.07, 6.45) is 1.37. The maximum atomic E-state index is 11.1. The zero-order chi connectivity index (χ0) is 13.0. The number of carbonyl (C=O) groups is 1. The Morgan fingerprint density at radius 3 is 2.44 bits per heavy atom. The van der Waals surface area contributed by atoms with Crippen molar-refractivity contribution in [3.05, 3.63) is 35.9 Å². The van der Waals surface area contributed by atoms with Crippen molar-refractivity contribution in [2.24, 2.45) is 5.92 Å². The number of carboxylic acid groups (broad SMARTS) is 1. The van der Waals surface area contributed by atoms with E-state index in [2.05, 4.69) is 5.32 Å². The Labute approximate surface area is 107 Å². The lowest BCUT2D eigenvalue weighted by Crippen LogP contribution is -2.43. The molecule has 4 heteroatoms. The molecule has 1 aliphatic rings. The smallest absolute Gasteiger partial charge is 0.306 e. The molecule has 0 radical (unpaired) electrons. The van der Waals surface area contributed by atoms with E-state index in [-0.39, 0.29) is 12.3 Å². The van der Waals surface area contributed by atoms with E-state index < -0.39 is 11.6 Å². The highest BCUT2D eigenvalue weighted by atomic mass is 16.4. The topological polar surface area (TPSA) is 69.6 Å². The second-order valence-electron chi connectivity index (χ2n) is 4.89. The van der Waals surface area contributed by atoms with E-state index in [4.69, 9.17) is 5.11 Å². The summed E-state index contributed by atoms with van der Waals surface area (Å²) in [4.78, 5) is 11.1. The molecule has 98 valence electrons. The normalized spacial score (nSPS) is 20.3. The molecular formula is C14H19NO3. The van der Waals surface area contributed by atoms with Crippen LogP contribution in [0.1, 0.15) is 24.8 Å². The van der Waals surface area contributed by atoms with Gasteiger partial charge in [0.05, 0.1) is 6.42 Å². The van der Waals surface area contributed by atoms with Crippen LogP contribution in [-0.2, 0) is 10.4 Å². The van der Waals surface area contributed by atoms with Crippen molar-refractivity contribution in [1.82, 2.24) is 5.32 Å². The molecule has 0 aliphatic carbocycles. The molecule has 18 heavy (non-hydrogen) atoms. The number of carboxylic acids is 1. The highest BCUT2D eigenvalue weighted by Gasteiger charge is 2.40. The summed E-state index contributed by atoms with van der Waals surface area (Å²) in [5.74, 6) is -0.961. The number of rotatable bonds is 4. The monoisotopic (exact) mass is 249 g/mol. The zero-order valence-corrected chi connectivity index (χ0v) is 10.3. The molecule has 2 rings (SSSR count). The lowest BCUT2D eigenvalue weighted by molar-refractivity contribution is -0.146. The van der Waals surface area contributed by atoms with E-state index in [1.54, 1.807) is 0 Å². The van der Waals surface area contributed by atoms with Crippen molar-refractivity contribution < 1.29 is 15.0 Å². The number of aliphatic hydroxyl groups is 1. The van der Waals surface area contributed by atoms with Crippen molar-refractivity contribution in [1.29, 1.82) is 0 Å². The van der Waals surface area contributed by atoms with E-state index >= 15 is 0 Å². The molecule has 1 aromatic carbocycles. The van der Waals surface area contributed by atoms with Gasteiger partial charge < -0.3 is 15.5 Å². The van der Waals surface area contributed by atoms with Gasteiger partial charge in [-0.25, -0.2) is 0 Å². The summed E-state index contributed by atoms with van der Waals surface area (Å²) >= 11 is 0. The molecule has 3 N–H and O–H groups in total. The van der Waals surface area contributed by atoms with Gasteiger partial charge in [0.1, 0.15) is 5.60 Å². The van der Waals surface area contributed by atoms with Gasteiger partial charge in [0.2, 0.25) is 0 Å². The highest BCUT2D eigenvalue weighted by Crippen LogP contribution is 2.38. The quantitative estimate of drug-likeness (QED) is 0.753. The highest BCUT2D eigenvalue weighted by molar-refractivity contribution is 5.68. The standard InChI is InChI=1S/C14H19NO3/c16-13(17)10-14(18,11-4-2-1-3-5-11)12-6-8-15-9-7-12/h1-5,12,15,18H,6-10H2,(H,16,17)/t14-/m0/s1. The summed E-state index contributed by atoms with van der Waals surface area (Å²) in [5.41, 5.74) is -0.547. The third-order valence-electron chi connectivity index (χ3n) is 3.71. The van der Waals surface area contributed by atoms with Crippen LogP contribution in [0.5, 0.6) is 0 Å². The first-order chi connectivity index (χ1) is 8.63. The predicted molar refractivity (Wildman–Crippen MR) is 68.2 cm³/mol. The molecule has 0 saturated carbocycles. The first kappa shape index (κ1) is 13.1. The average Bonchev–Trinajstić information content (AvgIpc) is 2.40. The molecule has 1 fully saturated rings. The Hall–Kier alpha value is -1.39. The minimum atomic E-state index is -1.25. The SMILES string of the molecule is O=C(O)C[C@](O)(c1ccccc1)C1CCNCC1. The van der Waals surface area contributed by atoms with Crippen LogP contribution in [0, 0.1) is 5.92 Å². The van der Waals surface area contributed by atoms with E-state index in [1.807, 2.05) is 30.3 Å². The summed E-state index contributed by atoms with van der Waals surface area (Å²) < 4.78 is 0. The van der Waals surface area contributed by atoms with Crippen molar-refractivity contribution in [2.75, 3.05) is 13.1 Å². The molecule has 4 nitrogen and oxygen atoms in total. The van der Waals surface area contributed by atoms with Crippen molar-refractivity contribution >= 4 is 5.97 Å². The maximum Gasteiger partial charge on any atom is 0.306 e. The maximum absolute atomic E-state index is 11.1. The van der Waals surface area contributed by atoms with E-state index in [9.17, 15) is 9.90 Å². The van der Waals surface area contributed by atoms with Crippen LogP contribution in [-0.4, -0.2) is 29.3 Å². The van der Waals surface area contributed by atoms with Gasteiger partial charge in [-0.05, 0) is 37.4 Å². The fourth-order valence-electron chi connectivity index (χ4n) is 2.74. The van der Waals surface area contributed by atoms with Crippen LogP contribution in [0.3, 0.4) is 0 Å². The third-order valence-corrected chi connectivity index (χ3v) is 3.71. The van der Waals surface area contributed by atoms with Crippen molar-refractivity contribution in [3.8, 4) is 0 Å². The number of piperidine rings is 1. The van der Waals surface area contributed by atoms with Crippen LogP contribution in [0.25, 0.3) is 0 Å². The molecule has 1 saturated heterocycles. The largest absolute Gasteiger partial charge is 0.481 e. The predicted octanol–water partition coefficient (Wildman–Crippen LogP) is 1.35. The molecule has 1 aliphatic heterocycles. The van der Waals surface area contributed by atoms with Gasteiger partial charge in [0.15, 0.2) is 0 Å². The van der Waals surface area contributed by atoms with Crippen LogP contribution < -0.4 is 5.32 Å². The molecule has 1 atom stereocenters. The number of hydrogen-bond acceptors (Lipinski definition) is 3. The van der Waals surface area contributed by atoms with Gasteiger partial charge in [0, 0.05) is 0 Å². The van der Waals surface area contributed by atoms with Crippen molar-refractivity contribution in [2.45, 2.75) is 24.9 Å². The lowest BCUT2D eigenvalue weighted by Gasteiger charge is -2.38. The van der Waals surface area contributed by atoms with E-state index in [0.717, 1.165) is 25.9 Å². The van der Waals surface area contributed by atoms with Crippen LogP contribution in [0.2, 0.25) is 0 Å². The molecular weight excluding hydrogens is 230 g/mol. The molecule has 1 aromatic rings. The Balaban J connectivity index is 2.30. The van der Waals surface area contributed by atoms with Gasteiger partial charge in [-0.1, -0.05) is 30.3 Å². The Bertz CT molecular complexity index is 401. The van der Waals surface area contributed by atoms with Gasteiger partial charge in [-0.2, -0.15) is 0 Å². The molecule has 0 unspecified atom stereocenters. The fraction of sp³-hybridized carbons (Fsp3) is 0.500. The first-order valence-electron chi connectivity index (χ1n) is 6.33. The van der Waals surface area contributed by atoms with Gasteiger partial charge in [-0.3, -0.25) is 4.79 Å². The second kappa shape index (κ2) is 5.50. The fourth-order valence-corrected chi connectivity index (χ4v) is 2.74.